The molecule has 0 radical (unpaired) electrons. The van der Waals surface area contributed by atoms with E-state index >= 15 is 0 Å². The highest BCUT2D eigenvalue weighted by atomic mass is 79.9. The Hall–Kier alpha value is -1.97. The summed E-state index contributed by atoms with van der Waals surface area (Å²) in [4.78, 5) is 0. The maximum absolute atomic E-state index is 5.91. The second-order valence-electron chi connectivity index (χ2n) is 6.04. The number of halogens is 2. The Bertz CT molecular complexity index is 864. The average Bonchev–Trinajstić information content (AvgIpc) is 2.67. The minimum atomic E-state index is 0.511. The smallest absolute Gasteiger partial charge is 0.134 e. The number of nitrogens with one attached hydrogen (secondary N) is 1. The second-order valence-corrected chi connectivity index (χ2v) is 7.33. The number of hydrogen-bond donors (Lipinski definition) is 1. The monoisotopic (exact) mass is 429 g/mol. The van der Waals surface area contributed by atoms with E-state index in [2.05, 4.69) is 64.6 Å². The first-order valence-corrected chi connectivity index (χ1v) is 9.80. The van der Waals surface area contributed by atoms with Crippen LogP contribution in [0.2, 0.25) is 5.02 Å². The molecule has 26 heavy (non-hydrogen) atoms. The third kappa shape index (κ3) is 5.03. The zero-order valence-corrected chi connectivity index (χ0v) is 17.0. The molecule has 0 fully saturated rings. The van der Waals surface area contributed by atoms with Gasteiger partial charge >= 0.3 is 0 Å². The molecular weight excluding hydrogens is 410 g/mol. The molecule has 0 aliphatic carbocycles. The minimum Gasteiger partial charge on any atom is -0.488 e. The second kappa shape index (κ2) is 9.11. The third-order valence-electron chi connectivity index (χ3n) is 4.19. The summed E-state index contributed by atoms with van der Waals surface area (Å²) in [5.74, 6) is 0.831. The molecule has 0 heterocycles. The summed E-state index contributed by atoms with van der Waals surface area (Å²) in [6, 6.07) is 22.3. The van der Waals surface area contributed by atoms with Gasteiger partial charge in [-0.2, -0.15) is 0 Å². The van der Waals surface area contributed by atoms with Gasteiger partial charge in [0.05, 0.1) is 4.47 Å². The fourth-order valence-electron chi connectivity index (χ4n) is 2.71. The van der Waals surface area contributed by atoms with Crippen molar-refractivity contribution in [1.82, 2.24) is 0 Å². The van der Waals surface area contributed by atoms with Crippen LogP contribution in [0.5, 0.6) is 5.75 Å². The molecule has 0 atom stereocenters. The van der Waals surface area contributed by atoms with E-state index in [4.69, 9.17) is 16.3 Å². The molecule has 0 spiro atoms. The van der Waals surface area contributed by atoms with Crippen molar-refractivity contribution in [1.29, 1.82) is 0 Å². The topological polar surface area (TPSA) is 21.3 Å². The van der Waals surface area contributed by atoms with Crippen LogP contribution in [0.1, 0.15) is 23.6 Å². The predicted octanol–water partition coefficient (Wildman–Crippen LogP) is 6.86. The highest BCUT2D eigenvalue weighted by molar-refractivity contribution is 9.10. The van der Waals surface area contributed by atoms with E-state index in [-0.39, 0.29) is 0 Å². The Morgan fingerprint density at radius 3 is 2.42 bits per heavy atom. The summed E-state index contributed by atoms with van der Waals surface area (Å²) in [5, 5.41) is 4.25. The van der Waals surface area contributed by atoms with E-state index in [1.165, 1.54) is 16.8 Å². The molecule has 0 saturated carbocycles. The number of rotatable bonds is 7. The molecule has 134 valence electrons. The summed E-state index contributed by atoms with van der Waals surface area (Å²) in [6.45, 7) is 3.45. The van der Waals surface area contributed by atoms with Crippen molar-refractivity contribution in [2.75, 3.05) is 5.32 Å². The van der Waals surface area contributed by atoms with E-state index in [1.807, 2.05) is 30.3 Å². The Labute approximate surface area is 168 Å². The van der Waals surface area contributed by atoms with Crippen molar-refractivity contribution in [3.8, 4) is 5.75 Å². The normalized spacial score (nSPS) is 10.6. The average molecular weight is 431 g/mol. The molecule has 3 rings (SSSR count). The van der Waals surface area contributed by atoms with Crippen molar-refractivity contribution in [2.45, 2.75) is 26.5 Å². The van der Waals surface area contributed by atoms with Crippen LogP contribution in [0, 0.1) is 0 Å². The number of anilines is 1. The molecular formula is C22H21BrClNO. The molecule has 2 nitrogen and oxygen atoms in total. The van der Waals surface area contributed by atoms with Gasteiger partial charge < -0.3 is 10.1 Å². The van der Waals surface area contributed by atoms with Crippen molar-refractivity contribution < 1.29 is 4.74 Å². The number of aryl methyl sites for hydroxylation is 1. The van der Waals surface area contributed by atoms with Crippen LogP contribution < -0.4 is 10.1 Å². The molecule has 3 aromatic carbocycles. The summed E-state index contributed by atoms with van der Waals surface area (Å²) in [7, 11) is 0. The Balaban J connectivity index is 1.61. The molecule has 0 aliphatic heterocycles. The van der Waals surface area contributed by atoms with Crippen LogP contribution in [0.3, 0.4) is 0 Å². The van der Waals surface area contributed by atoms with Crippen molar-refractivity contribution in [2.24, 2.45) is 0 Å². The van der Waals surface area contributed by atoms with E-state index < -0.39 is 0 Å². The van der Waals surface area contributed by atoms with Gasteiger partial charge in [-0.25, -0.2) is 0 Å². The maximum Gasteiger partial charge on any atom is 0.134 e. The summed E-state index contributed by atoms with van der Waals surface area (Å²) >= 11 is 9.52. The number of ether oxygens (including phenoxy) is 1. The molecule has 0 saturated heterocycles. The van der Waals surface area contributed by atoms with Gasteiger partial charge in [0.1, 0.15) is 12.4 Å². The van der Waals surface area contributed by atoms with E-state index in [0.29, 0.717) is 6.61 Å². The van der Waals surface area contributed by atoms with Crippen LogP contribution in [0.25, 0.3) is 0 Å². The van der Waals surface area contributed by atoms with Gasteiger partial charge in [0.25, 0.3) is 0 Å². The van der Waals surface area contributed by atoms with E-state index in [0.717, 1.165) is 33.8 Å². The van der Waals surface area contributed by atoms with Gasteiger partial charge in [-0.3, -0.25) is 0 Å². The third-order valence-corrected chi connectivity index (χ3v) is 5.06. The fraction of sp³-hybridized carbons (Fsp3) is 0.182. The van der Waals surface area contributed by atoms with Gasteiger partial charge in [-0.1, -0.05) is 54.9 Å². The van der Waals surface area contributed by atoms with Gasteiger partial charge in [-0.15, -0.1) is 0 Å². The Kier molecular flexibility index (Phi) is 6.59. The van der Waals surface area contributed by atoms with Crippen LogP contribution in [-0.2, 0) is 19.6 Å². The molecule has 3 aromatic rings. The van der Waals surface area contributed by atoms with Crippen LogP contribution >= 0.6 is 27.5 Å². The molecule has 0 aromatic heterocycles. The maximum atomic E-state index is 5.91. The lowest BCUT2D eigenvalue weighted by molar-refractivity contribution is 0.304. The number of hydrogen-bond acceptors (Lipinski definition) is 2. The minimum absolute atomic E-state index is 0.511. The van der Waals surface area contributed by atoms with Gasteiger partial charge in [0.2, 0.25) is 0 Å². The first-order chi connectivity index (χ1) is 12.7. The van der Waals surface area contributed by atoms with E-state index in [1.54, 1.807) is 0 Å². The lowest BCUT2D eigenvalue weighted by Gasteiger charge is -2.13. The van der Waals surface area contributed by atoms with E-state index in [9.17, 15) is 0 Å². The number of para-hydroxylation sites is 1. The predicted molar refractivity (Wildman–Crippen MR) is 113 cm³/mol. The summed E-state index contributed by atoms with van der Waals surface area (Å²) in [5.41, 5.74) is 4.80. The molecule has 1 N–H and O–H groups in total. The summed E-state index contributed by atoms with van der Waals surface area (Å²) < 4.78 is 6.86. The van der Waals surface area contributed by atoms with Crippen LogP contribution in [0.4, 0.5) is 5.69 Å². The molecule has 0 amide bonds. The fourth-order valence-corrected chi connectivity index (χ4v) is 3.38. The van der Waals surface area contributed by atoms with Crippen LogP contribution in [-0.4, -0.2) is 0 Å². The molecule has 0 aliphatic rings. The molecule has 0 unspecified atom stereocenters. The SMILES string of the molecule is CCc1ccccc1NCc1ccc(OCc2ccc(Cl)cc2)c(Br)c1. The quantitative estimate of drug-likeness (QED) is 0.442. The Morgan fingerprint density at radius 2 is 1.69 bits per heavy atom. The highest BCUT2D eigenvalue weighted by Crippen LogP contribution is 2.27. The molecule has 4 heteroatoms. The van der Waals surface area contributed by atoms with Gasteiger partial charge in [-0.05, 0) is 69.4 Å². The Morgan fingerprint density at radius 1 is 0.962 bits per heavy atom. The van der Waals surface area contributed by atoms with Crippen molar-refractivity contribution >= 4 is 33.2 Å². The standard InChI is InChI=1S/C22H21BrClNO/c1-2-18-5-3-4-6-21(18)25-14-17-9-12-22(20(23)13-17)26-15-16-7-10-19(24)11-8-16/h3-13,25H,2,14-15H2,1H3. The van der Waals surface area contributed by atoms with Gasteiger partial charge in [0, 0.05) is 17.3 Å². The first kappa shape index (κ1) is 18.8. The highest BCUT2D eigenvalue weighted by Gasteiger charge is 2.05. The van der Waals surface area contributed by atoms with Crippen molar-refractivity contribution in [3.63, 3.8) is 0 Å². The summed E-state index contributed by atoms with van der Waals surface area (Å²) in [6.07, 6.45) is 1.02. The van der Waals surface area contributed by atoms with Gasteiger partial charge in [0.15, 0.2) is 0 Å². The number of benzene rings is 3. The zero-order chi connectivity index (χ0) is 18.4. The largest absolute Gasteiger partial charge is 0.488 e. The first-order valence-electron chi connectivity index (χ1n) is 8.63. The molecule has 0 bridgehead atoms. The van der Waals surface area contributed by atoms with Crippen LogP contribution in [0.15, 0.2) is 71.2 Å². The van der Waals surface area contributed by atoms with Crippen molar-refractivity contribution in [3.05, 3.63) is 92.9 Å². The zero-order valence-electron chi connectivity index (χ0n) is 14.6. The lowest BCUT2D eigenvalue weighted by Crippen LogP contribution is -2.02. The lowest BCUT2D eigenvalue weighted by atomic mass is 10.1.